The largest absolute Gasteiger partial charge is 0.351 e. The first-order valence-electron chi connectivity index (χ1n) is 9.56. The topological polar surface area (TPSA) is 59.8 Å². The van der Waals surface area contributed by atoms with Crippen LogP contribution < -0.4 is 5.32 Å². The summed E-state index contributed by atoms with van der Waals surface area (Å²) in [6.45, 7) is 3.63. The number of nitrogens with one attached hydrogen (secondary N) is 1. The molecule has 0 saturated carbocycles. The van der Waals surface area contributed by atoms with Gasteiger partial charge in [0.2, 0.25) is 0 Å². The highest BCUT2D eigenvalue weighted by Crippen LogP contribution is 2.28. The lowest BCUT2D eigenvalue weighted by molar-refractivity contribution is 0.0958. The summed E-state index contributed by atoms with van der Waals surface area (Å²) in [7, 11) is 0. The van der Waals surface area contributed by atoms with E-state index in [1.54, 1.807) is 0 Å². The summed E-state index contributed by atoms with van der Waals surface area (Å²) in [5.74, 6) is 2.06. The number of nitrogens with zero attached hydrogens (tertiary/aromatic N) is 3. The minimum atomic E-state index is -0.0174. The van der Waals surface area contributed by atoms with Crippen molar-refractivity contribution in [1.29, 1.82) is 0 Å². The molecule has 1 aliphatic heterocycles. The molecular weight excluding hydrogens is 356 g/mol. The fourth-order valence-electron chi connectivity index (χ4n) is 3.54. The summed E-state index contributed by atoms with van der Waals surface area (Å²) in [6, 6.07) is 10.3. The minimum absolute atomic E-state index is 0.0174. The maximum atomic E-state index is 12.7. The van der Waals surface area contributed by atoms with E-state index in [0.717, 1.165) is 40.6 Å². The van der Waals surface area contributed by atoms with Crippen molar-refractivity contribution in [2.24, 2.45) is 0 Å². The van der Waals surface area contributed by atoms with Crippen molar-refractivity contribution in [2.75, 3.05) is 6.54 Å². The van der Waals surface area contributed by atoms with Gasteiger partial charge < -0.3 is 9.88 Å². The molecule has 1 N–H and O–H groups in total. The van der Waals surface area contributed by atoms with Crippen LogP contribution in [0.25, 0.3) is 11.1 Å². The van der Waals surface area contributed by atoms with Crippen molar-refractivity contribution in [3.8, 4) is 11.1 Å². The van der Waals surface area contributed by atoms with Crippen LogP contribution in [-0.2, 0) is 19.4 Å². The summed E-state index contributed by atoms with van der Waals surface area (Å²) in [5, 5.41) is 13.7. The molecule has 1 aromatic carbocycles. The molecule has 4 rings (SSSR count). The van der Waals surface area contributed by atoms with Gasteiger partial charge in [-0.05, 0) is 36.8 Å². The van der Waals surface area contributed by atoms with Crippen LogP contribution in [0.5, 0.6) is 0 Å². The third-order valence-electron chi connectivity index (χ3n) is 5.05. The zero-order valence-corrected chi connectivity index (χ0v) is 16.4. The Morgan fingerprint density at radius 2 is 2.00 bits per heavy atom. The second-order valence-corrected chi connectivity index (χ2v) is 7.95. The van der Waals surface area contributed by atoms with Crippen LogP contribution in [0.1, 0.15) is 46.1 Å². The van der Waals surface area contributed by atoms with E-state index in [1.165, 1.54) is 36.2 Å². The van der Waals surface area contributed by atoms with Crippen molar-refractivity contribution in [1.82, 2.24) is 20.1 Å². The highest BCUT2D eigenvalue weighted by Gasteiger charge is 2.17. The number of hydrogen-bond donors (Lipinski definition) is 1. The fraction of sp³-hybridized carbons (Fsp3) is 0.381. The first-order valence-corrected chi connectivity index (χ1v) is 10.4. The van der Waals surface area contributed by atoms with Crippen molar-refractivity contribution in [3.05, 3.63) is 57.8 Å². The molecule has 0 atom stereocenters. The van der Waals surface area contributed by atoms with E-state index in [-0.39, 0.29) is 5.91 Å². The van der Waals surface area contributed by atoms with Crippen LogP contribution in [0.3, 0.4) is 0 Å². The van der Waals surface area contributed by atoms with E-state index in [1.807, 2.05) is 11.4 Å². The number of rotatable bonds is 5. The number of amides is 1. The van der Waals surface area contributed by atoms with Gasteiger partial charge in [0.25, 0.3) is 5.91 Å². The quantitative estimate of drug-likeness (QED) is 0.727. The number of aromatic nitrogens is 3. The normalized spacial score (nSPS) is 13.8. The SMILES string of the molecule is Cc1ccc(-c2ccsc2C(=O)NCCc2nnc3n2CCCCC3)cc1. The van der Waals surface area contributed by atoms with Gasteiger partial charge in [-0.25, -0.2) is 0 Å². The lowest BCUT2D eigenvalue weighted by atomic mass is 10.0. The summed E-state index contributed by atoms with van der Waals surface area (Å²) >= 11 is 1.48. The maximum Gasteiger partial charge on any atom is 0.262 e. The second-order valence-electron chi connectivity index (χ2n) is 7.03. The molecule has 0 spiro atoms. The predicted octanol–water partition coefficient (Wildman–Crippen LogP) is 4.01. The van der Waals surface area contributed by atoms with Gasteiger partial charge in [-0.15, -0.1) is 21.5 Å². The molecule has 5 nitrogen and oxygen atoms in total. The van der Waals surface area contributed by atoms with Gasteiger partial charge in [-0.3, -0.25) is 4.79 Å². The lowest BCUT2D eigenvalue weighted by Crippen LogP contribution is -2.26. The van der Waals surface area contributed by atoms with Crippen LogP contribution in [0.2, 0.25) is 0 Å². The Hall–Kier alpha value is -2.47. The molecule has 0 bridgehead atoms. The third-order valence-corrected chi connectivity index (χ3v) is 5.97. The number of carbonyl (C=O) groups is 1. The number of hydrogen-bond acceptors (Lipinski definition) is 4. The molecule has 27 heavy (non-hydrogen) atoms. The first kappa shape index (κ1) is 17.9. The Bertz CT molecular complexity index is 926. The molecule has 2 aromatic heterocycles. The number of benzene rings is 1. The number of thiophene rings is 1. The van der Waals surface area contributed by atoms with Gasteiger partial charge in [-0.2, -0.15) is 0 Å². The molecule has 1 amide bonds. The molecule has 6 heteroatoms. The van der Waals surface area contributed by atoms with Crippen molar-refractivity contribution in [2.45, 2.75) is 45.6 Å². The predicted molar refractivity (Wildman–Crippen MR) is 108 cm³/mol. The van der Waals surface area contributed by atoms with Crippen molar-refractivity contribution < 1.29 is 4.79 Å². The lowest BCUT2D eigenvalue weighted by Gasteiger charge is -2.08. The Morgan fingerprint density at radius 1 is 1.15 bits per heavy atom. The van der Waals surface area contributed by atoms with E-state index in [0.29, 0.717) is 13.0 Å². The number of carbonyl (C=O) groups excluding carboxylic acids is 1. The number of aryl methyl sites for hydroxylation is 2. The van der Waals surface area contributed by atoms with Crippen LogP contribution in [0.15, 0.2) is 35.7 Å². The molecular formula is C21H24N4OS. The van der Waals surface area contributed by atoms with Gasteiger partial charge in [-0.1, -0.05) is 36.2 Å². The van der Waals surface area contributed by atoms with Crippen LogP contribution in [0.4, 0.5) is 0 Å². The molecule has 0 radical (unpaired) electrons. The Balaban J connectivity index is 1.40. The smallest absolute Gasteiger partial charge is 0.262 e. The molecule has 1 aliphatic rings. The standard InChI is InChI=1S/C21H24N4OS/c1-15-6-8-16(9-7-15)17-11-14-27-20(17)21(26)22-12-10-19-24-23-18-5-3-2-4-13-25(18)19/h6-9,11,14H,2-5,10,12-13H2,1H3,(H,22,26). The first-order chi connectivity index (χ1) is 13.2. The maximum absolute atomic E-state index is 12.7. The van der Waals surface area contributed by atoms with Gasteiger partial charge in [0.05, 0.1) is 4.88 Å². The highest BCUT2D eigenvalue weighted by molar-refractivity contribution is 7.12. The van der Waals surface area contributed by atoms with Crippen molar-refractivity contribution >= 4 is 17.2 Å². The zero-order chi connectivity index (χ0) is 18.6. The Kier molecular flexibility index (Phi) is 5.34. The fourth-order valence-corrected chi connectivity index (χ4v) is 4.38. The van der Waals surface area contributed by atoms with E-state index < -0.39 is 0 Å². The minimum Gasteiger partial charge on any atom is -0.351 e. The molecule has 140 valence electrons. The monoisotopic (exact) mass is 380 g/mol. The van der Waals surface area contributed by atoms with Gasteiger partial charge in [0, 0.05) is 31.5 Å². The summed E-state index contributed by atoms with van der Waals surface area (Å²) < 4.78 is 2.24. The zero-order valence-electron chi connectivity index (χ0n) is 15.6. The summed E-state index contributed by atoms with van der Waals surface area (Å²) in [4.78, 5) is 13.5. The van der Waals surface area contributed by atoms with E-state index in [4.69, 9.17) is 0 Å². The van der Waals surface area contributed by atoms with Crippen molar-refractivity contribution in [3.63, 3.8) is 0 Å². The second kappa shape index (κ2) is 8.05. The van der Waals surface area contributed by atoms with E-state index in [9.17, 15) is 4.79 Å². The molecule has 0 saturated heterocycles. The highest BCUT2D eigenvalue weighted by atomic mass is 32.1. The molecule has 3 aromatic rings. The van der Waals surface area contributed by atoms with Gasteiger partial charge >= 0.3 is 0 Å². The molecule has 0 unspecified atom stereocenters. The van der Waals surface area contributed by atoms with Crippen LogP contribution in [-0.4, -0.2) is 27.2 Å². The number of fused-ring (bicyclic) bond motifs is 1. The van der Waals surface area contributed by atoms with E-state index in [2.05, 4.69) is 51.3 Å². The molecule has 0 fully saturated rings. The van der Waals surface area contributed by atoms with Gasteiger partial charge in [0.15, 0.2) is 0 Å². The Labute approximate surface area is 163 Å². The van der Waals surface area contributed by atoms with Gasteiger partial charge in [0.1, 0.15) is 11.6 Å². The average Bonchev–Trinajstić information content (AvgIpc) is 3.24. The molecule has 3 heterocycles. The third kappa shape index (κ3) is 3.95. The van der Waals surface area contributed by atoms with Crippen LogP contribution in [0, 0.1) is 6.92 Å². The van der Waals surface area contributed by atoms with Crippen LogP contribution >= 0.6 is 11.3 Å². The summed E-state index contributed by atoms with van der Waals surface area (Å²) in [6.07, 6.45) is 5.34. The molecule has 0 aliphatic carbocycles. The summed E-state index contributed by atoms with van der Waals surface area (Å²) in [5.41, 5.74) is 3.29. The average molecular weight is 381 g/mol. The van der Waals surface area contributed by atoms with E-state index >= 15 is 0 Å². The Morgan fingerprint density at radius 3 is 2.85 bits per heavy atom.